The number of nitrogens with zero attached hydrogens (tertiary/aromatic N) is 5. The Kier molecular flexibility index (Phi) is 9.23. The maximum atomic E-state index is 12.9. The number of nitrogens with one attached hydrogen (secondary N) is 1. The van der Waals surface area contributed by atoms with Crippen molar-refractivity contribution in [1.82, 2.24) is 20.1 Å². The third kappa shape index (κ3) is 7.12. The summed E-state index contributed by atoms with van der Waals surface area (Å²) >= 11 is 6.83. The van der Waals surface area contributed by atoms with Crippen LogP contribution in [-0.4, -0.2) is 50.4 Å². The number of ether oxygens (including phenoxy) is 1. The number of rotatable bonds is 8. The van der Waals surface area contributed by atoms with Gasteiger partial charge in [0.05, 0.1) is 29.3 Å². The maximum absolute atomic E-state index is 12.9. The molecule has 8 nitrogen and oxygen atoms in total. The van der Waals surface area contributed by atoms with Gasteiger partial charge in [-0.3, -0.25) is 9.69 Å². The predicted octanol–water partition coefficient (Wildman–Crippen LogP) is 6.21. The maximum Gasteiger partial charge on any atom is 0.416 e. The van der Waals surface area contributed by atoms with Crippen LogP contribution < -0.4 is 10.2 Å². The van der Waals surface area contributed by atoms with Gasteiger partial charge in [0.1, 0.15) is 6.33 Å². The monoisotopic (exact) mass is 624 g/mol. The highest BCUT2D eigenvalue weighted by Crippen LogP contribution is 2.31. The number of hydrogen-bond acceptors (Lipinski definition) is 6. The molecule has 0 spiro atoms. The van der Waals surface area contributed by atoms with E-state index in [1.165, 1.54) is 34.9 Å². The number of anilines is 1. The molecule has 3 aromatic carbocycles. The summed E-state index contributed by atoms with van der Waals surface area (Å²) in [5, 5.41) is 8.41. The Morgan fingerprint density at radius 3 is 2.53 bits per heavy atom. The zero-order chi connectivity index (χ0) is 30.6. The van der Waals surface area contributed by atoms with Crippen molar-refractivity contribution in [3.63, 3.8) is 0 Å². The molecule has 1 unspecified atom stereocenters. The smallest absolute Gasteiger partial charge is 0.380 e. The number of thiocarbonyl (C=S) groups is 1. The lowest BCUT2D eigenvalue weighted by atomic mass is 10.00. The van der Waals surface area contributed by atoms with Gasteiger partial charge in [0.15, 0.2) is 16.1 Å². The van der Waals surface area contributed by atoms with E-state index >= 15 is 0 Å². The minimum atomic E-state index is -4.40. The summed E-state index contributed by atoms with van der Waals surface area (Å²) in [6, 6.07) is 20.0. The predicted molar refractivity (Wildman–Crippen MR) is 165 cm³/mol. The second-order valence-electron chi connectivity index (χ2n) is 9.74. The fraction of sp³-hybridized carbons (Fsp3) is 0.233. The third-order valence-electron chi connectivity index (χ3n) is 6.74. The molecule has 222 valence electrons. The van der Waals surface area contributed by atoms with E-state index in [9.17, 15) is 18.0 Å². The SMILES string of the molecule is COCc1ccccc1N1C(=O)CSC1=NC(=S)NCC(C)c1ccc(-c2ncn(-c3ccc(C(F)(F)F)cc3)n2)cc1. The van der Waals surface area contributed by atoms with Gasteiger partial charge >= 0.3 is 6.18 Å². The number of thioether (sulfide) groups is 1. The van der Waals surface area contributed by atoms with Gasteiger partial charge in [0.2, 0.25) is 5.91 Å². The van der Waals surface area contributed by atoms with Crippen molar-refractivity contribution in [3.8, 4) is 17.1 Å². The van der Waals surface area contributed by atoms with E-state index in [-0.39, 0.29) is 22.7 Å². The average molecular weight is 625 g/mol. The standard InChI is InChI=1S/C30H27F3N6O2S2/c1-19(15-34-28(42)36-29-39(26(40)17-43-29)25-6-4-3-5-22(25)16-41-2)20-7-9-21(10-8-20)27-35-18-38(37-27)24-13-11-23(12-14-24)30(31,32)33/h3-14,18-19H,15-17H2,1-2H3,(H,34,42). The molecule has 1 saturated heterocycles. The summed E-state index contributed by atoms with van der Waals surface area (Å²) in [6.45, 7) is 2.94. The average Bonchev–Trinajstić information content (AvgIpc) is 3.63. The molecule has 0 aliphatic carbocycles. The van der Waals surface area contributed by atoms with Crippen molar-refractivity contribution in [2.75, 3.05) is 24.3 Å². The number of halogens is 3. The van der Waals surface area contributed by atoms with E-state index in [1.54, 1.807) is 12.0 Å². The molecule has 1 N–H and O–H groups in total. The molecule has 1 fully saturated rings. The second-order valence-corrected chi connectivity index (χ2v) is 11.1. The first kappa shape index (κ1) is 30.4. The number of alkyl halides is 3. The molecule has 5 rings (SSSR count). The van der Waals surface area contributed by atoms with E-state index < -0.39 is 11.7 Å². The highest BCUT2D eigenvalue weighted by Gasteiger charge is 2.32. The third-order valence-corrected chi connectivity index (χ3v) is 7.90. The Balaban J connectivity index is 1.20. The molecule has 2 heterocycles. The van der Waals surface area contributed by atoms with E-state index in [2.05, 4.69) is 27.3 Å². The number of hydrogen-bond donors (Lipinski definition) is 1. The Labute approximate surface area is 256 Å². The molecule has 43 heavy (non-hydrogen) atoms. The van der Waals surface area contributed by atoms with Crippen molar-refractivity contribution in [2.45, 2.75) is 25.6 Å². The molecule has 1 aliphatic heterocycles. The number of amidine groups is 1. The van der Waals surface area contributed by atoms with Crippen LogP contribution in [0.5, 0.6) is 0 Å². The van der Waals surface area contributed by atoms with Crippen LogP contribution in [0.1, 0.15) is 29.5 Å². The molecule has 0 radical (unpaired) electrons. The van der Waals surface area contributed by atoms with Crippen LogP contribution in [0.3, 0.4) is 0 Å². The number of benzene rings is 3. The molecular weight excluding hydrogens is 597 g/mol. The summed E-state index contributed by atoms with van der Waals surface area (Å²) < 4.78 is 45.3. The Morgan fingerprint density at radius 2 is 1.84 bits per heavy atom. The van der Waals surface area contributed by atoms with Crippen molar-refractivity contribution in [3.05, 3.63) is 95.8 Å². The van der Waals surface area contributed by atoms with Gasteiger partial charge in [-0.05, 0) is 54.0 Å². The lowest BCUT2D eigenvalue weighted by Crippen LogP contribution is -2.32. The van der Waals surface area contributed by atoms with Crippen LogP contribution in [-0.2, 0) is 22.3 Å². The highest BCUT2D eigenvalue weighted by molar-refractivity contribution is 8.15. The first-order valence-electron chi connectivity index (χ1n) is 13.2. The molecular formula is C30H27F3N6O2S2. The van der Waals surface area contributed by atoms with Crippen LogP contribution in [0.25, 0.3) is 17.1 Å². The van der Waals surface area contributed by atoms with Gasteiger partial charge < -0.3 is 10.1 Å². The first-order valence-corrected chi connectivity index (χ1v) is 14.6. The number of aliphatic imine (C=N–C) groups is 1. The van der Waals surface area contributed by atoms with Crippen molar-refractivity contribution >= 4 is 45.9 Å². The number of carbonyl (C=O) groups excluding carboxylic acids is 1. The number of aromatic nitrogens is 3. The normalized spacial score (nSPS) is 15.2. The second kappa shape index (κ2) is 13.1. The summed E-state index contributed by atoms with van der Waals surface area (Å²) in [4.78, 5) is 23.1. The molecule has 1 aromatic heterocycles. The number of methoxy groups -OCH3 is 1. The lowest BCUT2D eigenvalue weighted by molar-refractivity contribution is -0.137. The van der Waals surface area contributed by atoms with E-state index in [4.69, 9.17) is 17.0 Å². The summed E-state index contributed by atoms with van der Waals surface area (Å²) in [7, 11) is 1.61. The van der Waals surface area contributed by atoms with Gasteiger partial charge in [0.25, 0.3) is 0 Å². The fourth-order valence-corrected chi connectivity index (χ4v) is 5.55. The van der Waals surface area contributed by atoms with Crippen molar-refractivity contribution in [2.24, 2.45) is 4.99 Å². The minimum absolute atomic E-state index is 0.0674. The fourth-order valence-electron chi connectivity index (χ4n) is 4.46. The van der Waals surface area contributed by atoms with Gasteiger partial charge in [0, 0.05) is 24.8 Å². The van der Waals surface area contributed by atoms with Gasteiger partial charge in [-0.2, -0.15) is 18.2 Å². The lowest BCUT2D eigenvalue weighted by Gasteiger charge is -2.20. The minimum Gasteiger partial charge on any atom is -0.380 e. The Hall–Kier alpha value is -4.07. The van der Waals surface area contributed by atoms with Gasteiger partial charge in [-0.25, -0.2) is 9.67 Å². The number of carbonyl (C=O) groups is 1. The molecule has 1 amide bonds. The summed E-state index contributed by atoms with van der Waals surface area (Å²) in [6.07, 6.45) is -2.93. The highest BCUT2D eigenvalue weighted by atomic mass is 32.2. The van der Waals surface area contributed by atoms with E-state index in [0.29, 0.717) is 29.8 Å². The number of amides is 1. The van der Waals surface area contributed by atoms with E-state index in [0.717, 1.165) is 34.5 Å². The quantitative estimate of drug-likeness (QED) is 0.233. The topological polar surface area (TPSA) is 84.6 Å². The zero-order valence-corrected chi connectivity index (χ0v) is 24.8. The molecule has 0 bridgehead atoms. The largest absolute Gasteiger partial charge is 0.416 e. The van der Waals surface area contributed by atoms with Gasteiger partial charge in [-0.15, -0.1) is 5.10 Å². The van der Waals surface area contributed by atoms with Crippen molar-refractivity contribution < 1.29 is 22.7 Å². The van der Waals surface area contributed by atoms with Crippen molar-refractivity contribution in [1.29, 1.82) is 0 Å². The van der Waals surface area contributed by atoms with Gasteiger partial charge in [-0.1, -0.05) is 61.2 Å². The van der Waals surface area contributed by atoms with E-state index in [1.807, 2.05) is 48.5 Å². The van der Waals surface area contributed by atoms with Crippen LogP contribution in [0, 0.1) is 0 Å². The summed E-state index contributed by atoms with van der Waals surface area (Å²) in [5.41, 5.74) is 3.19. The summed E-state index contributed by atoms with van der Waals surface area (Å²) in [5.74, 6) is 0.751. The first-order chi connectivity index (χ1) is 20.6. The van der Waals surface area contributed by atoms with Crippen LogP contribution in [0.2, 0.25) is 0 Å². The molecule has 13 heteroatoms. The Morgan fingerprint density at radius 1 is 1.12 bits per heavy atom. The zero-order valence-electron chi connectivity index (χ0n) is 23.2. The Bertz CT molecular complexity index is 1640. The number of para-hydroxylation sites is 1. The van der Waals surface area contributed by atoms with Crippen LogP contribution >= 0.6 is 24.0 Å². The molecule has 1 aliphatic rings. The molecule has 1 atom stereocenters. The molecule has 0 saturated carbocycles. The van der Waals surface area contributed by atoms with Crippen LogP contribution in [0.15, 0.2) is 84.1 Å². The van der Waals surface area contributed by atoms with Crippen LogP contribution in [0.4, 0.5) is 18.9 Å². The molecule has 4 aromatic rings.